The molecule has 0 radical (unpaired) electrons. The Bertz CT molecular complexity index is 370. The van der Waals surface area contributed by atoms with Crippen LogP contribution in [0.5, 0.6) is 0 Å². The summed E-state index contributed by atoms with van der Waals surface area (Å²) >= 11 is 5.40. The maximum Gasteiger partial charge on any atom is 0.0704 e. The first-order valence-electron chi connectivity index (χ1n) is 5.39. The molecule has 2 rings (SSSR count). The van der Waals surface area contributed by atoms with Gasteiger partial charge in [-0.1, -0.05) is 13.8 Å². The fourth-order valence-corrected chi connectivity index (χ4v) is 4.17. The lowest BCUT2D eigenvalue weighted by atomic mass is 9.98. The van der Waals surface area contributed by atoms with Gasteiger partial charge in [-0.25, -0.2) is 0 Å². The van der Waals surface area contributed by atoms with E-state index < -0.39 is 0 Å². The monoisotopic (exact) mass is 287 g/mol. The highest BCUT2D eigenvalue weighted by atomic mass is 79.9. The Morgan fingerprint density at radius 2 is 2.20 bits per heavy atom. The molecular weight excluding hydrogens is 270 g/mol. The third-order valence-corrected chi connectivity index (χ3v) is 5.13. The van der Waals surface area contributed by atoms with Crippen LogP contribution in [0.15, 0.2) is 9.85 Å². The molecule has 0 spiro atoms. The molecule has 1 nitrogen and oxygen atoms in total. The Labute approximate surface area is 104 Å². The summed E-state index contributed by atoms with van der Waals surface area (Å²) in [5.41, 5.74) is 2.00. The van der Waals surface area contributed by atoms with Gasteiger partial charge >= 0.3 is 0 Å². The molecule has 1 aromatic rings. The number of rotatable bonds is 3. The van der Waals surface area contributed by atoms with E-state index in [1.54, 1.807) is 0 Å². The second kappa shape index (κ2) is 3.86. The molecule has 2 unspecified atom stereocenters. The zero-order valence-corrected chi connectivity index (χ0v) is 12.1. The van der Waals surface area contributed by atoms with Gasteiger partial charge in [-0.15, -0.1) is 11.3 Å². The summed E-state index contributed by atoms with van der Waals surface area (Å²) in [6.07, 6.45) is 1.34. The second-order valence-electron chi connectivity index (χ2n) is 5.13. The van der Waals surface area contributed by atoms with E-state index in [1.807, 2.05) is 11.3 Å². The molecule has 1 heterocycles. The van der Waals surface area contributed by atoms with Gasteiger partial charge in [-0.3, -0.25) is 0 Å². The first-order chi connectivity index (χ1) is 6.95. The van der Waals surface area contributed by atoms with Crippen molar-refractivity contribution in [2.75, 3.05) is 7.05 Å². The van der Waals surface area contributed by atoms with Crippen molar-refractivity contribution >= 4 is 27.3 Å². The molecule has 1 aliphatic carbocycles. The van der Waals surface area contributed by atoms with E-state index in [0.29, 0.717) is 11.5 Å². The van der Waals surface area contributed by atoms with Crippen LogP contribution in [0, 0.1) is 18.3 Å². The minimum absolute atomic E-state index is 0.522. The van der Waals surface area contributed by atoms with Crippen LogP contribution in [0.25, 0.3) is 0 Å². The molecule has 0 aliphatic heterocycles. The zero-order valence-electron chi connectivity index (χ0n) is 9.73. The van der Waals surface area contributed by atoms with Crippen LogP contribution in [0.1, 0.15) is 36.8 Å². The molecule has 1 fully saturated rings. The molecule has 84 valence electrons. The summed E-state index contributed by atoms with van der Waals surface area (Å²) in [6.45, 7) is 6.93. The van der Waals surface area contributed by atoms with E-state index in [9.17, 15) is 0 Å². The van der Waals surface area contributed by atoms with Gasteiger partial charge in [-0.2, -0.15) is 0 Å². The van der Waals surface area contributed by atoms with Gasteiger partial charge in [0.1, 0.15) is 0 Å². The predicted molar refractivity (Wildman–Crippen MR) is 70.4 cm³/mol. The molecule has 0 saturated heterocycles. The third kappa shape index (κ3) is 2.15. The fraction of sp³-hybridized carbons (Fsp3) is 0.667. The van der Waals surface area contributed by atoms with Crippen LogP contribution < -0.4 is 5.32 Å². The summed E-state index contributed by atoms with van der Waals surface area (Å²) in [6, 6.07) is 2.80. The van der Waals surface area contributed by atoms with E-state index in [0.717, 1.165) is 5.92 Å². The molecule has 3 heteroatoms. The lowest BCUT2D eigenvalue weighted by molar-refractivity contribution is 0.440. The summed E-state index contributed by atoms with van der Waals surface area (Å²) < 4.78 is 1.24. The van der Waals surface area contributed by atoms with Gasteiger partial charge in [0.2, 0.25) is 0 Å². The van der Waals surface area contributed by atoms with Crippen molar-refractivity contribution < 1.29 is 0 Å². The number of hydrogen-bond donors (Lipinski definition) is 1. The molecule has 15 heavy (non-hydrogen) atoms. The molecule has 1 aliphatic rings. The first kappa shape index (κ1) is 11.6. The molecule has 1 N–H and O–H groups in total. The standard InChI is InChI=1S/C12H18BrNS/c1-7-8(5-10(13)15-7)11(14-4)9-6-12(9,2)3/h5,9,11,14H,6H2,1-4H3. The number of halogens is 1. The van der Waals surface area contributed by atoms with Crippen molar-refractivity contribution in [3.63, 3.8) is 0 Å². The van der Waals surface area contributed by atoms with Crippen LogP contribution in [-0.2, 0) is 0 Å². The van der Waals surface area contributed by atoms with E-state index in [2.05, 4.69) is 55.1 Å². The lowest BCUT2D eigenvalue weighted by Gasteiger charge is -2.18. The Morgan fingerprint density at radius 3 is 2.53 bits per heavy atom. The summed E-state index contributed by atoms with van der Waals surface area (Å²) in [7, 11) is 2.07. The molecule has 1 saturated carbocycles. The average Bonchev–Trinajstić information content (AvgIpc) is 2.60. The van der Waals surface area contributed by atoms with Crippen molar-refractivity contribution in [2.24, 2.45) is 11.3 Å². The Kier molecular flexibility index (Phi) is 2.99. The Hall–Kier alpha value is 0.140. The summed E-state index contributed by atoms with van der Waals surface area (Å²) in [5.74, 6) is 0.794. The molecular formula is C12H18BrNS. The lowest BCUT2D eigenvalue weighted by Crippen LogP contribution is -2.20. The number of thiophene rings is 1. The van der Waals surface area contributed by atoms with Crippen molar-refractivity contribution in [3.05, 3.63) is 20.3 Å². The van der Waals surface area contributed by atoms with Gasteiger partial charge in [0.15, 0.2) is 0 Å². The highest BCUT2D eigenvalue weighted by molar-refractivity contribution is 9.11. The first-order valence-corrected chi connectivity index (χ1v) is 7.00. The minimum atomic E-state index is 0.522. The Balaban J connectivity index is 2.24. The van der Waals surface area contributed by atoms with Crippen molar-refractivity contribution in [2.45, 2.75) is 33.2 Å². The zero-order chi connectivity index (χ0) is 11.2. The smallest absolute Gasteiger partial charge is 0.0704 e. The topological polar surface area (TPSA) is 12.0 Å². The van der Waals surface area contributed by atoms with Crippen LogP contribution >= 0.6 is 27.3 Å². The van der Waals surface area contributed by atoms with E-state index in [4.69, 9.17) is 0 Å². The number of nitrogens with one attached hydrogen (secondary N) is 1. The molecule has 2 atom stereocenters. The number of hydrogen-bond acceptors (Lipinski definition) is 2. The quantitative estimate of drug-likeness (QED) is 0.882. The maximum absolute atomic E-state index is 3.57. The summed E-state index contributed by atoms with van der Waals surface area (Å²) in [5, 5.41) is 3.48. The third-order valence-electron chi connectivity index (χ3n) is 3.56. The Morgan fingerprint density at radius 1 is 1.60 bits per heavy atom. The molecule has 0 bridgehead atoms. The van der Waals surface area contributed by atoms with Gasteiger partial charge in [0.25, 0.3) is 0 Å². The van der Waals surface area contributed by atoms with E-state index in [-0.39, 0.29) is 0 Å². The van der Waals surface area contributed by atoms with E-state index in [1.165, 1.54) is 20.6 Å². The average molecular weight is 288 g/mol. The SMILES string of the molecule is CNC(c1cc(Br)sc1C)C1CC1(C)C. The number of aryl methyl sites for hydroxylation is 1. The van der Waals surface area contributed by atoms with Crippen LogP contribution in [0.2, 0.25) is 0 Å². The second-order valence-corrected chi connectivity index (χ2v) is 7.76. The van der Waals surface area contributed by atoms with Gasteiger partial charge in [0.05, 0.1) is 3.79 Å². The van der Waals surface area contributed by atoms with Crippen molar-refractivity contribution in [3.8, 4) is 0 Å². The van der Waals surface area contributed by atoms with Gasteiger partial charge in [0, 0.05) is 10.9 Å². The van der Waals surface area contributed by atoms with Gasteiger partial charge in [-0.05, 0) is 59.3 Å². The van der Waals surface area contributed by atoms with Gasteiger partial charge < -0.3 is 5.32 Å². The minimum Gasteiger partial charge on any atom is -0.313 e. The largest absolute Gasteiger partial charge is 0.313 e. The normalized spacial score (nSPS) is 25.3. The molecule has 1 aromatic heterocycles. The highest BCUT2D eigenvalue weighted by Gasteiger charge is 2.50. The molecule has 0 aromatic carbocycles. The van der Waals surface area contributed by atoms with Crippen LogP contribution in [0.3, 0.4) is 0 Å². The maximum atomic E-state index is 3.57. The summed E-state index contributed by atoms with van der Waals surface area (Å²) in [4.78, 5) is 1.43. The predicted octanol–water partition coefficient (Wildman–Crippen LogP) is 4.13. The molecule has 0 amide bonds. The van der Waals surface area contributed by atoms with Crippen LogP contribution in [0.4, 0.5) is 0 Å². The highest BCUT2D eigenvalue weighted by Crippen LogP contribution is 2.58. The fourth-order valence-electron chi connectivity index (χ4n) is 2.42. The van der Waals surface area contributed by atoms with Crippen molar-refractivity contribution in [1.29, 1.82) is 0 Å². The van der Waals surface area contributed by atoms with E-state index >= 15 is 0 Å². The van der Waals surface area contributed by atoms with Crippen molar-refractivity contribution in [1.82, 2.24) is 5.32 Å². The van der Waals surface area contributed by atoms with Crippen LogP contribution in [-0.4, -0.2) is 7.05 Å².